The van der Waals surface area contributed by atoms with Crippen LogP contribution in [0.15, 0.2) is 40.1 Å². The Hall–Kier alpha value is -2.85. The number of carbonyl (C=O) groups is 1. The Bertz CT molecular complexity index is 866. The van der Waals surface area contributed by atoms with Crippen LogP contribution >= 0.6 is 22.7 Å². The van der Waals surface area contributed by atoms with Crippen LogP contribution in [0.2, 0.25) is 0 Å². The van der Waals surface area contributed by atoms with E-state index in [-0.39, 0.29) is 11.0 Å². The number of nitro groups is 1. The Morgan fingerprint density at radius 2 is 2.22 bits per heavy atom. The number of nitrogens with zero attached hydrogens (tertiary/aromatic N) is 3. The van der Waals surface area contributed by atoms with Gasteiger partial charge in [-0.1, -0.05) is 22.5 Å². The lowest BCUT2D eigenvalue weighted by Crippen LogP contribution is -2.07. The summed E-state index contributed by atoms with van der Waals surface area (Å²) in [6.07, 6.45) is 2.72. The first-order valence-electron chi connectivity index (χ1n) is 6.22. The topological polar surface area (TPSA) is 111 Å². The van der Waals surface area contributed by atoms with E-state index in [1.54, 1.807) is 6.07 Å². The predicted molar refractivity (Wildman–Crippen MR) is 86.2 cm³/mol. The van der Waals surface area contributed by atoms with E-state index in [1.807, 2.05) is 17.5 Å². The fourth-order valence-corrected chi connectivity index (χ4v) is 2.98. The van der Waals surface area contributed by atoms with Crippen molar-refractivity contribution in [2.24, 2.45) is 0 Å². The van der Waals surface area contributed by atoms with E-state index in [9.17, 15) is 14.9 Å². The van der Waals surface area contributed by atoms with Crippen LogP contribution in [0.5, 0.6) is 0 Å². The molecule has 0 aliphatic heterocycles. The van der Waals surface area contributed by atoms with Crippen molar-refractivity contribution in [3.8, 4) is 10.8 Å². The molecule has 0 bridgehead atoms. The lowest BCUT2D eigenvalue weighted by Gasteiger charge is -1.93. The van der Waals surface area contributed by atoms with Gasteiger partial charge < -0.3 is 4.42 Å². The molecule has 3 rings (SSSR count). The van der Waals surface area contributed by atoms with Crippen molar-refractivity contribution < 1.29 is 14.1 Å². The van der Waals surface area contributed by atoms with Gasteiger partial charge in [0.25, 0.3) is 11.8 Å². The van der Waals surface area contributed by atoms with Gasteiger partial charge in [-0.2, -0.15) is 0 Å². The highest BCUT2D eigenvalue weighted by Gasteiger charge is 2.11. The highest BCUT2D eigenvalue weighted by molar-refractivity contribution is 7.16. The molecule has 116 valence electrons. The van der Waals surface area contributed by atoms with E-state index in [1.165, 1.54) is 29.6 Å². The summed E-state index contributed by atoms with van der Waals surface area (Å²) in [7, 11) is 0. The van der Waals surface area contributed by atoms with Crippen molar-refractivity contribution >= 4 is 45.7 Å². The smallest absolute Gasteiger partial charge is 0.324 e. The molecule has 0 spiro atoms. The third kappa shape index (κ3) is 3.67. The molecule has 0 aromatic carbocycles. The third-order valence-electron chi connectivity index (χ3n) is 2.58. The van der Waals surface area contributed by atoms with Gasteiger partial charge in [0.1, 0.15) is 0 Å². The zero-order valence-electron chi connectivity index (χ0n) is 11.3. The summed E-state index contributed by atoms with van der Waals surface area (Å²) in [6, 6.07) is 6.61. The summed E-state index contributed by atoms with van der Waals surface area (Å²) < 4.78 is 5.32. The molecule has 3 aromatic rings. The summed E-state index contributed by atoms with van der Waals surface area (Å²) in [5.41, 5.74) is 0. The van der Waals surface area contributed by atoms with Gasteiger partial charge in [-0.15, -0.1) is 16.4 Å². The van der Waals surface area contributed by atoms with Crippen LogP contribution in [0.25, 0.3) is 16.8 Å². The highest BCUT2D eigenvalue weighted by atomic mass is 32.1. The van der Waals surface area contributed by atoms with Gasteiger partial charge in [0, 0.05) is 17.0 Å². The van der Waals surface area contributed by atoms with E-state index < -0.39 is 10.8 Å². The minimum absolute atomic E-state index is 0.0137. The van der Waals surface area contributed by atoms with Gasteiger partial charge in [0.05, 0.1) is 9.80 Å². The average molecular weight is 348 g/mol. The van der Waals surface area contributed by atoms with E-state index in [0.717, 1.165) is 16.2 Å². The molecule has 3 heterocycles. The molecule has 0 aliphatic carbocycles. The molecule has 0 radical (unpaired) electrons. The van der Waals surface area contributed by atoms with Gasteiger partial charge in [0.15, 0.2) is 0 Å². The summed E-state index contributed by atoms with van der Waals surface area (Å²) in [5, 5.41) is 22.5. The summed E-state index contributed by atoms with van der Waals surface area (Å²) in [5.74, 6) is -0.143. The molecule has 0 aliphatic rings. The molecule has 0 fully saturated rings. The monoisotopic (exact) mass is 348 g/mol. The van der Waals surface area contributed by atoms with E-state index in [0.29, 0.717) is 10.8 Å². The molecule has 1 N–H and O–H groups in total. The summed E-state index contributed by atoms with van der Waals surface area (Å²) in [6.45, 7) is 0. The minimum atomic E-state index is -0.480. The number of anilines is 1. The first-order valence-corrected chi connectivity index (χ1v) is 7.92. The maximum Gasteiger partial charge on any atom is 0.324 e. The van der Waals surface area contributed by atoms with Crippen molar-refractivity contribution in [3.63, 3.8) is 0 Å². The Kier molecular flexibility index (Phi) is 4.26. The zero-order valence-corrected chi connectivity index (χ0v) is 13.0. The van der Waals surface area contributed by atoms with E-state index >= 15 is 0 Å². The van der Waals surface area contributed by atoms with Crippen LogP contribution in [0.1, 0.15) is 4.88 Å². The lowest BCUT2D eigenvalue weighted by atomic mass is 10.4. The number of aromatic nitrogens is 2. The number of thiophene rings is 2. The molecule has 0 saturated heterocycles. The number of carbonyl (C=O) groups excluding carboxylic acids is 1. The molecule has 23 heavy (non-hydrogen) atoms. The Morgan fingerprint density at radius 3 is 2.91 bits per heavy atom. The first-order chi connectivity index (χ1) is 11.1. The molecular formula is C13H8N4O4S2. The largest absolute Gasteiger partial charge is 0.402 e. The van der Waals surface area contributed by atoms with Gasteiger partial charge in [0.2, 0.25) is 0 Å². The fraction of sp³-hybridized carbons (Fsp3) is 0. The maximum atomic E-state index is 11.8. The second-order valence-electron chi connectivity index (χ2n) is 4.15. The number of hydrogen-bond donors (Lipinski definition) is 1. The van der Waals surface area contributed by atoms with Gasteiger partial charge in [-0.3, -0.25) is 20.2 Å². The predicted octanol–water partition coefficient (Wildman–Crippen LogP) is 3.42. The molecule has 3 aromatic heterocycles. The quantitative estimate of drug-likeness (QED) is 0.429. The lowest BCUT2D eigenvalue weighted by molar-refractivity contribution is -0.380. The number of amides is 1. The number of hydrogen-bond acceptors (Lipinski definition) is 8. The Morgan fingerprint density at radius 1 is 1.35 bits per heavy atom. The maximum absolute atomic E-state index is 11.8. The molecule has 8 nitrogen and oxygen atoms in total. The molecule has 0 atom stereocenters. The summed E-state index contributed by atoms with van der Waals surface area (Å²) in [4.78, 5) is 23.3. The standard InChI is InChI=1S/C13H8N4O4S2/c18-10(5-3-8-4-6-11(23-8)17(19)20)14-13-16-15-12(21-13)9-2-1-7-22-9/h1-7H,(H,14,16,18)/b5-3+. The zero-order chi connectivity index (χ0) is 16.2. The van der Waals surface area contributed by atoms with Crippen molar-refractivity contribution in [2.45, 2.75) is 0 Å². The van der Waals surface area contributed by atoms with Crippen LogP contribution < -0.4 is 5.32 Å². The first kappa shape index (κ1) is 15.1. The third-order valence-corrected chi connectivity index (χ3v) is 4.44. The van der Waals surface area contributed by atoms with Crippen LogP contribution in [0, 0.1) is 10.1 Å². The van der Waals surface area contributed by atoms with Crippen molar-refractivity contribution in [3.05, 3.63) is 50.7 Å². The Labute approximate surface area is 137 Å². The SMILES string of the molecule is O=C(/C=C/c1ccc([N+](=O)[O-])s1)Nc1nnc(-c2cccs2)o1. The van der Waals surface area contributed by atoms with Crippen molar-refractivity contribution in [2.75, 3.05) is 5.32 Å². The second kappa shape index (κ2) is 6.50. The van der Waals surface area contributed by atoms with Crippen molar-refractivity contribution in [1.82, 2.24) is 10.2 Å². The normalized spacial score (nSPS) is 11.0. The van der Waals surface area contributed by atoms with Crippen LogP contribution in [-0.2, 0) is 4.79 Å². The minimum Gasteiger partial charge on any atom is -0.402 e. The van der Waals surface area contributed by atoms with Crippen LogP contribution in [0.3, 0.4) is 0 Å². The molecular weight excluding hydrogens is 340 g/mol. The number of rotatable bonds is 5. The number of nitrogens with one attached hydrogen (secondary N) is 1. The average Bonchev–Trinajstić information content (AvgIpc) is 3.25. The van der Waals surface area contributed by atoms with E-state index in [2.05, 4.69) is 15.5 Å². The summed E-state index contributed by atoms with van der Waals surface area (Å²) >= 11 is 2.42. The molecule has 10 heteroatoms. The van der Waals surface area contributed by atoms with Crippen molar-refractivity contribution in [1.29, 1.82) is 0 Å². The highest BCUT2D eigenvalue weighted by Crippen LogP contribution is 2.25. The molecule has 0 unspecified atom stereocenters. The van der Waals surface area contributed by atoms with Gasteiger partial charge in [-0.25, -0.2) is 0 Å². The van der Waals surface area contributed by atoms with Gasteiger partial charge in [-0.05, 0) is 23.6 Å². The second-order valence-corrected chi connectivity index (χ2v) is 6.19. The fourth-order valence-electron chi connectivity index (χ4n) is 1.61. The molecule has 0 saturated carbocycles. The Balaban J connectivity index is 1.62. The van der Waals surface area contributed by atoms with E-state index in [4.69, 9.17) is 4.42 Å². The van der Waals surface area contributed by atoms with Crippen LogP contribution in [-0.4, -0.2) is 21.0 Å². The van der Waals surface area contributed by atoms with Gasteiger partial charge >= 0.3 is 11.0 Å². The molecule has 1 amide bonds. The van der Waals surface area contributed by atoms with Crippen LogP contribution in [0.4, 0.5) is 11.0 Å².